The quantitative estimate of drug-likeness (QED) is 0.421. The highest BCUT2D eigenvalue weighted by Gasteiger charge is 2.21. The van der Waals surface area contributed by atoms with Crippen molar-refractivity contribution in [2.45, 2.75) is 71.3 Å². The molecule has 18 heavy (non-hydrogen) atoms. The van der Waals surface area contributed by atoms with E-state index in [1.807, 2.05) is 13.8 Å². The van der Waals surface area contributed by atoms with Gasteiger partial charge in [0.25, 0.3) is 0 Å². The molecule has 0 bridgehead atoms. The Labute approximate surface area is 108 Å². The van der Waals surface area contributed by atoms with Crippen molar-refractivity contribution in [2.75, 3.05) is 0 Å². The zero-order valence-corrected chi connectivity index (χ0v) is 11.3. The Morgan fingerprint density at radius 3 is 1.61 bits per heavy atom. The zero-order chi connectivity index (χ0) is 14.0. The highest BCUT2D eigenvalue weighted by molar-refractivity contribution is 5.78. The van der Waals surface area contributed by atoms with Crippen LogP contribution in [0.1, 0.15) is 65.2 Å². The maximum absolute atomic E-state index is 11.3. The van der Waals surface area contributed by atoms with E-state index in [0.717, 1.165) is 12.8 Å². The van der Waals surface area contributed by atoms with Crippen LogP contribution in [0.5, 0.6) is 0 Å². The van der Waals surface area contributed by atoms with Crippen LogP contribution in [-0.4, -0.2) is 22.5 Å². The van der Waals surface area contributed by atoms with Gasteiger partial charge in [0.15, 0.2) is 0 Å². The minimum absolute atomic E-state index is 0.0734. The first-order valence-electron chi connectivity index (χ1n) is 6.68. The minimum Gasteiger partial charge on any atom is -0.300 e. The number of nitrogens with zero attached hydrogens (tertiary/aromatic N) is 1. The summed E-state index contributed by atoms with van der Waals surface area (Å²) in [7, 11) is 0. The van der Waals surface area contributed by atoms with Crippen LogP contribution < -0.4 is 0 Å². The molecule has 0 amide bonds. The second-order valence-electron chi connectivity index (χ2n) is 4.59. The van der Waals surface area contributed by atoms with E-state index in [4.69, 9.17) is 0 Å². The average Bonchev–Trinajstić information content (AvgIpc) is 2.29. The number of hydrogen-bond acceptors (Lipinski definition) is 4. The molecule has 0 aliphatic rings. The Morgan fingerprint density at radius 2 is 1.33 bits per heavy atom. The van der Waals surface area contributed by atoms with Gasteiger partial charge in [-0.25, -0.2) is 0 Å². The SMILES string of the molecule is CCCC(=O)CCC(CCC(=O)CCC)[N+](=O)[O-]. The average molecular weight is 257 g/mol. The van der Waals surface area contributed by atoms with Gasteiger partial charge in [-0.05, 0) is 12.8 Å². The predicted octanol–water partition coefficient (Wildman–Crippen LogP) is 2.93. The number of ketones is 2. The highest BCUT2D eigenvalue weighted by Crippen LogP contribution is 2.12. The molecule has 0 unspecified atom stereocenters. The molecule has 0 aromatic heterocycles. The monoisotopic (exact) mass is 257 g/mol. The summed E-state index contributed by atoms with van der Waals surface area (Å²) >= 11 is 0. The second-order valence-corrected chi connectivity index (χ2v) is 4.59. The van der Waals surface area contributed by atoms with E-state index in [9.17, 15) is 19.7 Å². The number of Topliss-reactive ketones (excluding diaryl/α,β-unsaturated/α-hetero) is 2. The molecule has 5 heteroatoms. The number of rotatable bonds is 11. The van der Waals surface area contributed by atoms with Crippen molar-refractivity contribution >= 4 is 11.6 Å². The predicted molar refractivity (Wildman–Crippen MR) is 69.1 cm³/mol. The molecular weight excluding hydrogens is 234 g/mol. The first-order chi connectivity index (χ1) is 8.51. The standard InChI is InChI=1S/C13H23NO4/c1-3-5-12(15)9-7-11(14(17)18)8-10-13(16)6-4-2/h11H,3-10H2,1-2H3. The molecule has 5 nitrogen and oxygen atoms in total. The van der Waals surface area contributed by atoms with Crippen molar-refractivity contribution in [3.05, 3.63) is 10.1 Å². The summed E-state index contributed by atoms with van der Waals surface area (Å²) < 4.78 is 0. The lowest BCUT2D eigenvalue weighted by Crippen LogP contribution is -2.21. The molecule has 0 radical (unpaired) electrons. The minimum atomic E-state index is -0.758. The Morgan fingerprint density at radius 1 is 0.944 bits per heavy atom. The van der Waals surface area contributed by atoms with E-state index in [-0.39, 0.29) is 42.2 Å². The third kappa shape index (κ3) is 7.92. The summed E-state index contributed by atoms with van der Waals surface area (Å²) in [5.41, 5.74) is 0. The Balaban J connectivity index is 4.04. The molecule has 0 N–H and O–H groups in total. The Kier molecular flexibility index (Phi) is 9.06. The largest absolute Gasteiger partial charge is 0.300 e. The smallest absolute Gasteiger partial charge is 0.214 e. The van der Waals surface area contributed by atoms with Crippen LogP contribution in [0.25, 0.3) is 0 Å². The molecular formula is C13H23NO4. The van der Waals surface area contributed by atoms with Crippen molar-refractivity contribution in [1.29, 1.82) is 0 Å². The van der Waals surface area contributed by atoms with Gasteiger partial charge >= 0.3 is 0 Å². The fourth-order valence-corrected chi connectivity index (χ4v) is 1.82. The third-order valence-corrected chi connectivity index (χ3v) is 2.87. The first kappa shape index (κ1) is 16.7. The fourth-order valence-electron chi connectivity index (χ4n) is 1.82. The lowest BCUT2D eigenvalue weighted by Gasteiger charge is -2.08. The summed E-state index contributed by atoms with van der Waals surface area (Å²) in [6.07, 6.45) is 3.53. The van der Waals surface area contributed by atoms with Crippen molar-refractivity contribution in [1.82, 2.24) is 0 Å². The fraction of sp³-hybridized carbons (Fsp3) is 0.846. The van der Waals surface area contributed by atoms with E-state index in [1.54, 1.807) is 0 Å². The van der Waals surface area contributed by atoms with Gasteiger partial charge in [-0.15, -0.1) is 0 Å². The molecule has 104 valence electrons. The molecule has 0 aromatic rings. The van der Waals surface area contributed by atoms with Crippen LogP contribution in [0.15, 0.2) is 0 Å². The molecule has 0 saturated carbocycles. The molecule has 0 heterocycles. The van der Waals surface area contributed by atoms with Crippen LogP contribution in [0.4, 0.5) is 0 Å². The molecule has 0 rings (SSSR count). The van der Waals surface area contributed by atoms with Crippen LogP contribution in [-0.2, 0) is 9.59 Å². The lowest BCUT2D eigenvalue weighted by molar-refractivity contribution is -0.524. The number of carbonyl (C=O) groups excluding carboxylic acids is 2. The van der Waals surface area contributed by atoms with E-state index in [1.165, 1.54) is 0 Å². The molecule has 0 aliphatic carbocycles. The van der Waals surface area contributed by atoms with E-state index in [0.29, 0.717) is 12.8 Å². The summed E-state index contributed by atoms with van der Waals surface area (Å²) in [5.74, 6) is 0.147. The van der Waals surface area contributed by atoms with Gasteiger partial charge in [0.05, 0.1) is 0 Å². The first-order valence-corrected chi connectivity index (χ1v) is 6.68. The van der Waals surface area contributed by atoms with Crippen LogP contribution in [0, 0.1) is 10.1 Å². The number of nitro groups is 1. The Bertz CT molecular complexity index is 267. The molecule has 0 atom stereocenters. The van der Waals surface area contributed by atoms with Gasteiger partial charge in [-0.3, -0.25) is 19.7 Å². The lowest BCUT2D eigenvalue weighted by atomic mass is 10.0. The number of hydrogen-bond donors (Lipinski definition) is 0. The molecule has 0 saturated heterocycles. The van der Waals surface area contributed by atoms with Gasteiger partial charge in [0.1, 0.15) is 11.6 Å². The van der Waals surface area contributed by atoms with Gasteiger partial charge in [-0.1, -0.05) is 13.8 Å². The molecule has 0 fully saturated rings. The van der Waals surface area contributed by atoms with Gasteiger partial charge in [0, 0.05) is 43.4 Å². The number of carbonyl (C=O) groups is 2. The summed E-state index contributed by atoms with van der Waals surface area (Å²) in [5, 5.41) is 10.8. The van der Waals surface area contributed by atoms with Crippen LogP contribution >= 0.6 is 0 Å². The maximum Gasteiger partial charge on any atom is 0.214 e. The van der Waals surface area contributed by atoms with Gasteiger partial charge < -0.3 is 0 Å². The van der Waals surface area contributed by atoms with Gasteiger partial charge in [0.2, 0.25) is 6.04 Å². The molecule has 0 spiro atoms. The van der Waals surface area contributed by atoms with Crippen LogP contribution in [0.2, 0.25) is 0 Å². The van der Waals surface area contributed by atoms with Crippen molar-refractivity contribution in [2.24, 2.45) is 0 Å². The normalized spacial score (nSPS) is 10.6. The van der Waals surface area contributed by atoms with Gasteiger partial charge in [-0.2, -0.15) is 0 Å². The van der Waals surface area contributed by atoms with Crippen LogP contribution in [0.3, 0.4) is 0 Å². The summed E-state index contributed by atoms with van der Waals surface area (Å²) in [6.45, 7) is 3.82. The summed E-state index contributed by atoms with van der Waals surface area (Å²) in [6, 6.07) is -0.758. The summed E-state index contributed by atoms with van der Waals surface area (Å²) in [4.78, 5) is 33.1. The van der Waals surface area contributed by atoms with Crippen molar-refractivity contribution in [3.63, 3.8) is 0 Å². The van der Waals surface area contributed by atoms with Crippen molar-refractivity contribution < 1.29 is 14.5 Å². The molecule has 0 aromatic carbocycles. The topological polar surface area (TPSA) is 77.3 Å². The molecule has 0 aliphatic heterocycles. The van der Waals surface area contributed by atoms with E-state index < -0.39 is 6.04 Å². The van der Waals surface area contributed by atoms with E-state index >= 15 is 0 Å². The third-order valence-electron chi connectivity index (χ3n) is 2.87. The highest BCUT2D eigenvalue weighted by atomic mass is 16.6. The van der Waals surface area contributed by atoms with E-state index in [2.05, 4.69) is 0 Å². The Hall–Kier alpha value is -1.26. The van der Waals surface area contributed by atoms with Crippen molar-refractivity contribution in [3.8, 4) is 0 Å². The zero-order valence-electron chi connectivity index (χ0n) is 11.3. The second kappa shape index (κ2) is 9.74. The maximum atomic E-state index is 11.3.